The number of hydrogen-bond donors (Lipinski definition) is 2. The van der Waals surface area contributed by atoms with Gasteiger partial charge in [-0.25, -0.2) is 9.18 Å². The van der Waals surface area contributed by atoms with Gasteiger partial charge < -0.3 is 10.4 Å². The highest BCUT2D eigenvalue weighted by Crippen LogP contribution is 2.25. The van der Waals surface area contributed by atoms with Crippen LogP contribution in [0.4, 0.5) is 15.8 Å². The van der Waals surface area contributed by atoms with Gasteiger partial charge in [0.05, 0.1) is 10.5 Å². The number of anilines is 1. The molecule has 0 aliphatic rings. The lowest BCUT2D eigenvalue weighted by molar-refractivity contribution is -0.384. The maximum absolute atomic E-state index is 13.2. The molecule has 2 rings (SSSR count). The third kappa shape index (κ3) is 3.53. The molecule has 0 unspecified atom stereocenters. The van der Waals surface area contributed by atoms with E-state index in [9.17, 15) is 19.3 Å². The van der Waals surface area contributed by atoms with Crippen LogP contribution in [0.3, 0.4) is 0 Å². The molecule has 7 heteroatoms. The standard InChI is InChI=1S/C14H11FN2O4/c15-11-5-6-13(17(20)21)12(7-11)16-8-9-1-3-10(4-2-9)14(18)19/h1-7,16H,8H2,(H,18,19). The molecule has 0 amide bonds. The molecule has 108 valence electrons. The molecule has 6 nitrogen and oxygen atoms in total. The average Bonchev–Trinajstić information content (AvgIpc) is 2.45. The van der Waals surface area contributed by atoms with E-state index in [1.54, 1.807) is 12.1 Å². The number of halogens is 1. The van der Waals surface area contributed by atoms with Crippen LogP contribution >= 0.6 is 0 Å². The molecule has 0 saturated heterocycles. The Bertz CT molecular complexity index is 686. The number of benzene rings is 2. The van der Waals surface area contributed by atoms with Crippen LogP contribution in [0.5, 0.6) is 0 Å². The zero-order chi connectivity index (χ0) is 15.4. The minimum Gasteiger partial charge on any atom is -0.478 e. The van der Waals surface area contributed by atoms with Crippen molar-refractivity contribution >= 4 is 17.3 Å². The average molecular weight is 290 g/mol. The van der Waals surface area contributed by atoms with E-state index in [2.05, 4.69) is 5.32 Å². The summed E-state index contributed by atoms with van der Waals surface area (Å²) in [5, 5.41) is 22.4. The Morgan fingerprint density at radius 1 is 1.24 bits per heavy atom. The third-order valence-corrected chi connectivity index (χ3v) is 2.84. The van der Waals surface area contributed by atoms with Gasteiger partial charge in [0.25, 0.3) is 5.69 Å². The van der Waals surface area contributed by atoms with Crippen LogP contribution in [-0.4, -0.2) is 16.0 Å². The second kappa shape index (κ2) is 6.00. The summed E-state index contributed by atoms with van der Waals surface area (Å²) in [4.78, 5) is 21.0. The predicted octanol–water partition coefficient (Wildman–Crippen LogP) is 3.04. The minimum absolute atomic E-state index is 0.0716. The summed E-state index contributed by atoms with van der Waals surface area (Å²) in [6.45, 7) is 0.212. The molecule has 0 radical (unpaired) electrons. The summed E-state index contributed by atoms with van der Waals surface area (Å²) < 4.78 is 13.2. The number of hydrogen-bond acceptors (Lipinski definition) is 4. The number of nitrogens with zero attached hydrogens (tertiary/aromatic N) is 1. The van der Waals surface area contributed by atoms with Crippen molar-refractivity contribution in [3.8, 4) is 0 Å². The first-order valence-corrected chi connectivity index (χ1v) is 5.97. The lowest BCUT2D eigenvalue weighted by atomic mass is 10.1. The van der Waals surface area contributed by atoms with Crippen molar-refractivity contribution < 1.29 is 19.2 Å². The highest BCUT2D eigenvalue weighted by atomic mass is 19.1. The van der Waals surface area contributed by atoms with Gasteiger partial charge in [-0.2, -0.15) is 0 Å². The molecule has 0 fully saturated rings. The first-order valence-electron chi connectivity index (χ1n) is 5.97. The molecule has 0 heterocycles. The van der Waals surface area contributed by atoms with Gasteiger partial charge in [-0.15, -0.1) is 0 Å². The van der Waals surface area contributed by atoms with Gasteiger partial charge in [-0.1, -0.05) is 12.1 Å². The van der Waals surface area contributed by atoms with Crippen LogP contribution in [0.2, 0.25) is 0 Å². The molecule has 0 aromatic heterocycles. The summed E-state index contributed by atoms with van der Waals surface area (Å²) in [6, 6.07) is 9.18. The number of aromatic carboxylic acids is 1. The van der Waals surface area contributed by atoms with E-state index in [4.69, 9.17) is 5.11 Å². The second-order valence-corrected chi connectivity index (χ2v) is 4.27. The zero-order valence-electron chi connectivity index (χ0n) is 10.7. The summed E-state index contributed by atoms with van der Waals surface area (Å²) in [5.74, 6) is -1.61. The fraction of sp³-hybridized carbons (Fsp3) is 0.0714. The van der Waals surface area contributed by atoms with E-state index in [-0.39, 0.29) is 23.5 Å². The van der Waals surface area contributed by atoms with Crippen LogP contribution in [0, 0.1) is 15.9 Å². The molecule has 21 heavy (non-hydrogen) atoms. The van der Waals surface area contributed by atoms with Gasteiger partial charge in [-0.05, 0) is 23.8 Å². The molecule has 2 aromatic rings. The van der Waals surface area contributed by atoms with E-state index < -0.39 is 16.7 Å². The van der Waals surface area contributed by atoms with Crippen molar-refractivity contribution in [1.29, 1.82) is 0 Å². The van der Waals surface area contributed by atoms with Gasteiger partial charge in [-0.3, -0.25) is 10.1 Å². The van der Waals surface area contributed by atoms with Crippen LogP contribution < -0.4 is 5.32 Å². The van der Waals surface area contributed by atoms with Crippen molar-refractivity contribution in [2.75, 3.05) is 5.32 Å². The molecule has 0 aliphatic carbocycles. The first kappa shape index (κ1) is 14.4. The fourth-order valence-corrected chi connectivity index (χ4v) is 1.77. The lowest BCUT2D eigenvalue weighted by Crippen LogP contribution is -2.04. The number of nitro groups is 1. The van der Waals surface area contributed by atoms with Crippen molar-refractivity contribution in [3.63, 3.8) is 0 Å². The first-order chi connectivity index (χ1) is 9.97. The van der Waals surface area contributed by atoms with Gasteiger partial charge >= 0.3 is 5.97 Å². The smallest absolute Gasteiger partial charge is 0.335 e. The number of carboxylic acids is 1. The molecule has 2 aromatic carbocycles. The van der Waals surface area contributed by atoms with E-state index in [0.717, 1.165) is 23.8 Å². The minimum atomic E-state index is -1.03. The summed E-state index contributed by atoms with van der Waals surface area (Å²) in [5.41, 5.74) is 0.718. The predicted molar refractivity (Wildman–Crippen MR) is 73.8 cm³/mol. The van der Waals surface area contributed by atoms with Gasteiger partial charge in [0.1, 0.15) is 11.5 Å². The molecule has 0 bridgehead atoms. The molecule has 0 aliphatic heterocycles. The Morgan fingerprint density at radius 3 is 2.48 bits per heavy atom. The quantitative estimate of drug-likeness (QED) is 0.652. The number of rotatable bonds is 5. The highest BCUT2D eigenvalue weighted by Gasteiger charge is 2.14. The Labute approximate surface area is 119 Å². The zero-order valence-corrected chi connectivity index (χ0v) is 10.7. The van der Waals surface area contributed by atoms with Crippen molar-refractivity contribution in [2.24, 2.45) is 0 Å². The van der Waals surface area contributed by atoms with Gasteiger partial charge in [0.2, 0.25) is 0 Å². The largest absolute Gasteiger partial charge is 0.478 e. The van der Waals surface area contributed by atoms with Gasteiger partial charge in [0.15, 0.2) is 0 Å². The van der Waals surface area contributed by atoms with Crippen LogP contribution in [0.25, 0.3) is 0 Å². The van der Waals surface area contributed by atoms with Crippen molar-refractivity contribution in [2.45, 2.75) is 6.54 Å². The Hall–Kier alpha value is -2.96. The monoisotopic (exact) mass is 290 g/mol. The second-order valence-electron chi connectivity index (χ2n) is 4.27. The van der Waals surface area contributed by atoms with Crippen LogP contribution in [0.15, 0.2) is 42.5 Å². The highest BCUT2D eigenvalue weighted by molar-refractivity contribution is 5.87. The maximum atomic E-state index is 13.2. The summed E-state index contributed by atoms with van der Waals surface area (Å²) in [7, 11) is 0. The number of carbonyl (C=O) groups is 1. The molecular formula is C14H11FN2O4. The Morgan fingerprint density at radius 2 is 1.90 bits per heavy atom. The van der Waals surface area contributed by atoms with Crippen LogP contribution in [-0.2, 0) is 6.54 Å². The number of nitro benzene ring substituents is 1. The number of carboxylic acid groups (broad SMARTS) is 1. The van der Waals surface area contributed by atoms with Crippen LogP contribution in [0.1, 0.15) is 15.9 Å². The molecular weight excluding hydrogens is 279 g/mol. The summed E-state index contributed by atoms with van der Waals surface area (Å²) >= 11 is 0. The SMILES string of the molecule is O=C(O)c1ccc(CNc2cc(F)ccc2[N+](=O)[O-])cc1. The number of nitrogens with one attached hydrogen (secondary N) is 1. The molecule has 0 saturated carbocycles. The molecule has 2 N–H and O–H groups in total. The lowest BCUT2D eigenvalue weighted by Gasteiger charge is -2.07. The Balaban J connectivity index is 2.14. The normalized spacial score (nSPS) is 10.1. The fourth-order valence-electron chi connectivity index (χ4n) is 1.77. The van der Waals surface area contributed by atoms with E-state index in [0.29, 0.717) is 0 Å². The molecule has 0 spiro atoms. The van der Waals surface area contributed by atoms with E-state index in [1.807, 2.05) is 0 Å². The van der Waals surface area contributed by atoms with Gasteiger partial charge in [0, 0.05) is 18.7 Å². The van der Waals surface area contributed by atoms with E-state index >= 15 is 0 Å². The maximum Gasteiger partial charge on any atom is 0.335 e. The van der Waals surface area contributed by atoms with Crippen molar-refractivity contribution in [1.82, 2.24) is 0 Å². The topological polar surface area (TPSA) is 92.5 Å². The van der Waals surface area contributed by atoms with Crippen molar-refractivity contribution in [3.05, 3.63) is 69.5 Å². The summed E-state index contributed by atoms with van der Waals surface area (Å²) in [6.07, 6.45) is 0. The Kier molecular flexibility index (Phi) is 4.13. The van der Waals surface area contributed by atoms with E-state index in [1.165, 1.54) is 12.1 Å². The third-order valence-electron chi connectivity index (χ3n) is 2.84. The molecule has 0 atom stereocenters.